The van der Waals surface area contributed by atoms with E-state index in [1.807, 2.05) is 0 Å². The lowest BCUT2D eigenvalue weighted by molar-refractivity contribution is 0.279. The largest absolute Gasteiger partial charge is 0.329 e. The first-order valence-electron chi connectivity index (χ1n) is 4.23. The van der Waals surface area contributed by atoms with Gasteiger partial charge in [0.05, 0.1) is 0 Å². The molecule has 4 N–H and O–H groups in total. The van der Waals surface area contributed by atoms with Crippen LogP contribution in [-0.4, -0.2) is 12.1 Å². The number of rotatable bonds is 1. The Morgan fingerprint density at radius 2 is 1.92 bits per heavy atom. The van der Waals surface area contributed by atoms with Gasteiger partial charge in [0.1, 0.15) is 0 Å². The summed E-state index contributed by atoms with van der Waals surface area (Å²) in [5, 5.41) is 0. The van der Waals surface area contributed by atoms with Crippen LogP contribution in [0.15, 0.2) is 0 Å². The van der Waals surface area contributed by atoms with Gasteiger partial charge in [0, 0.05) is 12.1 Å². The molecule has 0 radical (unpaired) electrons. The van der Waals surface area contributed by atoms with E-state index >= 15 is 0 Å². The number of fused-ring (bicyclic) bond motifs is 2. The first kappa shape index (κ1) is 12.5. The summed E-state index contributed by atoms with van der Waals surface area (Å²) in [6.45, 7) is 0.689. The van der Waals surface area contributed by atoms with Gasteiger partial charge < -0.3 is 11.5 Å². The summed E-state index contributed by atoms with van der Waals surface area (Å²) in [5.74, 6) is 1.67. The van der Waals surface area contributed by atoms with Crippen LogP contribution in [0.5, 0.6) is 0 Å². The van der Waals surface area contributed by atoms with E-state index in [1.54, 1.807) is 0 Å². The first-order chi connectivity index (χ1) is 4.74. The van der Waals surface area contributed by atoms with Crippen molar-refractivity contribution in [3.05, 3.63) is 0 Å². The van der Waals surface area contributed by atoms with Crippen molar-refractivity contribution >= 4 is 24.8 Å². The van der Waals surface area contributed by atoms with Gasteiger partial charge in [0.2, 0.25) is 0 Å². The van der Waals surface area contributed by atoms with Gasteiger partial charge >= 0.3 is 0 Å². The van der Waals surface area contributed by atoms with Gasteiger partial charge in [-0.25, -0.2) is 0 Å². The zero-order chi connectivity index (χ0) is 7.19. The van der Waals surface area contributed by atoms with Crippen molar-refractivity contribution in [1.82, 2.24) is 0 Å². The van der Waals surface area contributed by atoms with E-state index in [2.05, 4.69) is 0 Å². The van der Waals surface area contributed by atoms with Gasteiger partial charge in [0.25, 0.3) is 0 Å². The van der Waals surface area contributed by atoms with Crippen LogP contribution >= 0.6 is 24.8 Å². The summed E-state index contributed by atoms with van der Waals surface area (Å²) in [5.41, 5.74) is 11.8. The Hall–Kier alpha value is 0.500. The molecule has 12 heavy (non-hydrogen) atoms. The smallest absolute Gasteiger partial charge is 0.0309 e. The molecule has 0 amide bonds. The van der Waals surface area contributed by atoms with Crippen LogP contribution in [-0.2, 0) is 0 Å². The summed E-state index contributed by atoms with van der Waals surface area (Å²) in [4.78, 5) is 0. The maximum absolute atomic E-state index is 6.12. The molecule has 0 aromatic rings. The molecule has 2 nitrogen and oxygen atoms in total. The van der Waals surface area contributed by atoms with Crippen LogP contribution in [0.3, 0.4) is 0 Å². The first-order valence-corrected chi connectivity index (χ1v) is 4.23. The lowest BCUT2D eigenvalue weighted by Gasteiger charge is -2.32. The van der Waals surface area contributed by atoms with E-state index in [0.29, 0.717) is 6.54 Å². The standard InChI is InChI=1S/C8H16N2.2ClH/c9-5-8(10)4-6-1-2-7(8)3-6;;/h6-7H,1-5,9-10H2;2*1H. The van der Waals surface area contributed by atoms with E-state index in [9.17, 15) is 0 Å². The highest BCUT2D eigenvalue weighted by atomic mass is 35.5. The number of hydrogen-bond acceptors (Lipinski definition) is 2. The second kappa shape index (κ2) is 4.14. The molecule has 0 spiro atoms. The van der Waals surface area contributed by atoms with Crippen molar-refractivity contribution < 1.29 is 0 Å². The Balaban J connectivity index is 0.000000605. The van der Waals surface area contributed by atoms with E-state index in [1.165, 1.54) is 25.7 Å². The van der Waals surface area contributed by atoms with Crippen LogP contribution < -0.4 is 11.5 Å². The molecule has 2 fully saturated rings. The Morgan fingerprint density at radius 1 is 1.25 bits per heavy atom. The molecule has 4 heteroatoms. The van der Waals surface area contributed by atoms with Crippen molar-refractivity contribution in [2.24, 2.45) is 23.3 Å². The summed E-state index contributed by atoms with van der Waals surface area (Å²) >= 11 is 0. The Kier molecular flexibility index (Phi) is 4.31. The van der Waals surface area contributed by atoms with Gasteiger partial charge in [-0.2, -0.15) is 0 Å². The molecule has 2 aliphatic carbocycles. The highest BCUT2D eigenvalue weighted by Gasteiger charge is 2.47. The Morgan fingerprint density at radius 3 is 2.17 bits per heavy atom. The molecule has 2 saturated carbocycles. The fraction of sp³-hybridized carbons (Fsp3) is 1.00. The van der Waals surface area contributed by atoms with Gasteiger partial charge in [-0.3, -0.25) is 0 Å². The third-order valence-corrected chi connectivity index (χ3v) is 3.40. The van der Waals surface area contributed by atoms with Gasteiger partial charge in [-0.1, -0.05) is 6.42 Å². The van der Waals surface area contributed by atoms with Crippen LogP contribution in [0.1, 0.15) is 25.7 Å². The number of nitrogens with two attached hydrogens (primary N) is 2. The SMILES string of the molecule is Cl.Cl.NCC1(N)CC2CCC1C2. The molecule has 3 atom stereocenters. The maximum Gasteiger partial charge on any atom is 0.0309 e. The van der Waals surface area contributed by atoms with E-state index in [0.717, 1.165) is 11.8 Å². The third-order valence-electron chi connectivity index (χ3n) is 3.40. The monoisotopic (exact) mass is 212 g/mol. The molecule has 2 bridgehead atoms. The van der Waals surface area contributed by atoms with Crippen molar-refractivity contribution in [3.8, 4) is 0 Å². The average Bonchev–Trinajstić information content (AvgIpc) is 2.46. The minimum absolute atomic E-state index is 0. The lowest BCUT2D eigenvalue weighted by Crippen LogP contribution is -2.51. The van der Waals surface area contributed by atoms with Crippen LogP contribution in [0, 0.1) is 11.8 Å². The van der Waals surface area contributed by atoms with Crippen LogP contribution in [0.25, 0.3) is 0 Å². The summed E-state index contributed by atoms with van der Waals surface area (Å²) in [6, 6.07) is 0. The normalized spacial score (nSPS) is 43.5. The predicted molar refractivity (Wildman–Crippen MR) is 55.9 cm³/mol. The molecular formula is C8H18Cl2N2. The Labute approximate surface area is 86.3 Å². The highest BCUT2D eigenvalue weighted by Crippen LogP contribution is 2.48. The quantitative estimate of drug-likeness (QED) is 0.689. The van der Waals surface area contributed by atoms with Crippen LogP contribution in [0.2, 0.25) is 0 Å². The molecule has 3 unspecified atom stereocenters. The average molecular weight is 213 g/mol. The fourth-order valence-corrected chi connectivity index (χ4v) is 2.74. The molecule has 0 aromatic carbocycles. The minimum Gasteiger partial charge on any atom is -0.329 e. The van der Waals surface area contributed by atoms with Crippen LogP contribution in [0.4, 0.5) is 0 Å². The molecule has 0 aromatic heterocycles. The minimum atomic E-state index is 0. The molecule has 2 aliphatic rings. The van der Waals surface area contributed by atoms with Crippen molar-refractivity contribution in [1.29, 1.82) is 0 Å². The van der Waals surface area contributed by atoms with Crippen molar-refractivity contribution in [2.45, 2.75) is 31.2 Å². The summed E-state index contributed by atoms with van der Waals surface area (Å²) in [6.07, 6.45) is 5.28. The molecule has 0 heterocycles. The maximum atomic E-state index is 6.12. The summed E-state index contributed by atoms with van der Waals surface area (Å²) < 4.78 is 0. The van der Waals surface area contributed by atoms with E-state index in [4.69, 9.17) is 11.5 Å². The summed E-state index contributed by atoms with van der Waals surface area (Å²) in [7, 11) is 0. The second-order valence-electron chi connectivity index (χ2n) is 4.02. The topological polar surface area (TPSA) is 52.0 Å². The second-order valence-corrected chi connectivity index (χ2v) is 4.02. The fourth-order valence-electron chi connectivity index (χ4n) is 2.74. The molecule has 2 rings (SSSR count). The lowest BCUT2D eigenvalue weighted by atomic mass is 9.82. The predicted octanol–water partition coefficient (Wildman–Crippen LogP) is 1.31. The Bertz CT molecular complexity index is 154. The van der Waals surface area contributed by atoms with E-state index < -0.39 is 0 Å². The zero-order valence-electron chi connectivity index (χ0n) is 7.16. The molecule has 0 saturated heterocycles. The molecular weight excluding hydrogens is 195 g/mol. The third kappa shape index (κ3) is 1.72. The van der Waals surface area contributed by atoms with Gasteiger partial charge in [-0.15, -0.1) is 24.8 Å². The number of halogens is 2. The molecule has 74 valence electrons. The van der Waals surface area contributed by atoms with Crippen molar-refractivity contribution in [3.63, 3.8) is 0 Å². The van der Waals surface area contributed by atoms with Gasteiger partial charge in [-0.05, 0) is 31.1 Å². The number of hydrogen-bond donors (Lipinski definition) is 2. The zero-order valence-corrected chi connectivity index (χ0v) is 8.79. The highest BCUT2D eigenvalue weighted by molar-refractivity contribution is 5.85. The van der Waals surface area contributed by atoms with Crippen molar-refractivity contribution in [2.75, 3.05) is 6.54 Å². The van der Waals surface area contributed by atoms with E-state index in [-0.39, 0.29) is 30.4 Å². The molecule has 0 aliphatic heterocycles. The van der Waals surface area contributed by atoms with Gasteiger partial charge in [0.15, 0.2) is 0 Å².